The lowest BCUT2D eigenvalue weighted by molar-refractivity contribution is 1.09. The van der Waals surface area contributed by atoms with E-state index in [1.54, 1.807) is 6.08 Å². The molecule has 0 fully saturated rings. The van der Waals surface area contributed by atoms with Crippen molar-refractivity contribution in [1.82, 2.24) is 4.37 Å². The first kappa shape index (κ1) is 9.37. The van der Waals surface area contributed by atoms with Crippen LogP contribution in [0.3, 0.4) is 0 Å². The molecule has 0 saturated carbocycles. The average Bonchev–Trinajstić information content (AvgIpc) is 2.39. The molecule has 0 unspecified atom stereocenters. The summed E-state index contributed by atoms with van der Waals surface area (Å²) in [6.45, 7) is 7.80. The van der Waals surface area contributed by atoms with Gasteiger partial charge in [-0.2, -0.15) is 4.37 Å². The van der Waals surface area contributed by atoms with Gasteiger partial charge >= 0.3 is 0 Å². The van der Waals surface area contributed by atoms with E-state index in [0.29, 0.717) is 0 Å². The van der Waals surface area contributed by atoms with E-state index in [0.717, 1.165) is 5.69 Å². The second kappa shape index (κ2) is 6.49. The van der Waals surface area contributed by atoms with Crippen LogP contribution < -0.4 is 0 Å². The van der Waals surface area contributed by atoms with Crippen molar-refractivity contribution < 1.29 is 0 Å². The zero-order valence-electron chi connectivity index (χ0n) is 6.50. The van der Waals surface area contributed by atoms with Crippen LogP contribution in [0.4, 0.5) is 0 Å². The smallest absolute Gasteiger partial charge is 0.0762 e. The molecule has 56 valence electrons. The summed E-state index contributed by atoms with van der Waals surface area (Å²) < 4.78 is 3.96. The summed E-state index contributed by atoms with van der Waals surface area (Å²) in [5, 5.41) is 1.93. The zero-order valence-corrected chi connectivity index (χ0v) is 7.32. The Morgan fingerprint density at radius 3 is 2.50 bits per heavy atom. The molecule has 1 nitrogen and oxygen atoms in total. The molecule has 1 rings (SSSR count). The standard InChI is InChI=1S/C5H5NS.C3H8/c1-2-5-3-4-7-6-5;1-3-2/h2-4H,1H2;3H2,1-2H3. The van der Waals surface area contributed by atoms with Gasteiger partial charge in [0.2, 0.25) is 0 Å². The van der Waals surface area contributed by atoms with Crippen molar-refractivity contribution >= 4 is 17.6 Å². The van der Waals surface area contributed by atoms with Crippen LogP contribution in [0.1, 0.15) is 26.0 Å². The van der Waals surface area contributed by atoms with Crippen LogP contribution in [-0.2, 0) is 0 Å². The largest absolute Gasteiger partial charge is 0.193 e. The molecule has 0 radical (unpaired) electrons. The molecule has 0 aliphatic heterocycles. The fraction of sp³-hybridized carbons (Fsp3) is 0.375. The van der Waals surface area contributed by atoms with Gasteiger partial charge in [0, 0.05) is 5.38 Å². The highest BCUT2D eigenvalue weighted by Gasteiger charge is 1.80. The number of aromatic nitrogens is 1. The maximum atomic E-state index is 3.96. The van der Waals surface area contributed by atoms with Crippen molar-refractivity contribution in [2.75, 3.05) is 0 Å². The second-order valence-electron chi connectivity index (χ2n) is 1.84. The van der Waals surface area contributed by atoms with Crippen LogP contribution >= 0.6 is 11.5 Å². The molecule has 0 amide bonds. The Hall–Kier alpha value is -0.630. The Morgan fingerprint density at radius 2 is 2.30 bits per heavy atom. The molecule has 0 N–H and O–H groups in total. The van der Waals surface area contributed by atoms with Gasteiger partial charge in [-0.05, 0) is 23.7 Å². The molecule has 0 spiro atoms. The van der Waals surface area contributed by atoms with Crippen LogP contribution in [0.5, 0.6) is 0 Å². The Morgan fingerprint density at radius 1 is 1.70 bits per heavy atom. The quantitative estimate of drug-likeness (QED) is 0.607. The van der Waals surface area contributed by atoms with Crippen molar-refractivity contribution in [1.29, 1.82) is 0 Å². The lowest BCUT2D eigenvalue weighted by atomic mass is 10.4. The SMILES string of the molecule is C=Cc1ccsn1.CCC. The lowest BCUT2D eigenvalue weighted by Crippen LogP contribution is -1.59. The molecular formula is C8H13NS. The van der Waals surface area contributed by atoms with Crippen LogP contribution in [0, 0.1) is 0 Å². The van der Waals surface area contributed by atoms with Crippen LogP contribution in [0.15, 0.2) is 18.0 Å². The molecule has 0 atom stereocenters. The minimum atomic E-state index is 0.963. The molecule has 10 heavy (non-hydrogen) atoms. The van der Waals surface area contributed by atoms with Crippen molar-refractivity contribution in [3.8, 4) is 0 Å². The van der Waals surface area contributed by atoms with Gasteiger partial charge in [0.15, 0.2) is 0 Å². The number of hydrogen-bond acceptors (Lipinski definition) is 2. The van der Waals surface area contributed by atoms with Gasteiger partial charge in [-0.3, -0.25) is 0 Å². The molecule has 1 aromatic heterocycles. The summed E-state index contributed by atoms with van der Waals surface area (Å²) in [5.41, 5.74) is 0.963. The molecule has 0 aromatic carbocycles. The summed E-state index contributed by atoms with van der Waals surface area (Å²) in [5.74, 6) is 0. The van der Waals surface area contributed by atoms with Gasteiger partial charge in [0.05, 0.1) is 5.69 Å². The van der Waals surface area contributed by atoms with Crippen LogP contribution in [0.25, 0.3) is 6.08 Å². The van der Waals surface area contributed by atoms with E-state index in [2.05, 4.69) is 24.8 Å². The molecule has 0 aliphatic carbocycles. The van der Waals surface area contributed by atoms with E-state index >= 15 is 0 Å². The monoisotopic (exact) mass is 155 g/mol. The minimum absolute atomic E-state index is 0.963. The predicted octanol–water partition coefficient (Wildman–Crippen LogP) is 3.20. The molecule has 0 saturated heterocycles. The molecule has 0 aliphatic rings. The predicted molar refractivity (Wildman–Crippen MR) is 48.2 cm³/mol. The highest BCUT2D eigenvalue weighted by molar-refractivity contribution is 7.03. The maximum Gasteiger partial charge on any atom is 0.0762 e. The highest BCUT2D eigenvalue weighted by atomic mass is 32.1. The van der Waals surface area contributed by atoms with E-state index in [9.17, 15) is 0 Å². The normalized spacial score (nSPS) is 7.80. The van der Waals surface area contributed by atoms with Crippen molar-refractivity contribution in [2.24, 2.45) is 0 Å². The van der Waals surface area contributed by atoms with E-state index in [4.69, 9.17) is 0 Å². The van der Waals surface area contributed by atoms with Crippen molar-refractivity contribution in [3.05, 3.63) is 23.7 Å². The van der Waals surface area contributed by atoms with Gasteiger partial charge in [0.25, 0.3) is 0 Å². The summed E-state index contributed by atoms with van der Waals surface area (Å²) in [4.78, 5) is 0. The molecular weight excluding hydrogens is 142 g/mol. The van der Waals surface area contributed by atoms with Crippen LogP contribution in [-0.4, -0.2) is 4.37 Å². The van der Waals surface area contributed by atoms with Crippen molar-refractivity contribution in [2.45, 2.75) is 20.3 Å². The van der Waals surface area contributed by atoms with E-state index in [1.165, 1.54) is 18.0 Å². The summed E-state index contributed by atoms with van der Waals surface area (Å²) in [6, 6.07) is 1.93. The van der Waals surface area contributed by atoms with Gasteiger partial charge < -0.3 is 0 Å². The number of nitrogens with zero attached hydrogens (tertiary/aromatic N) is 1. The van der Waals surface area contributed by atoms with Gasteiger partial charge in [-0.25, -0.2) is 0 Å². The maximum absolute atomic E-state index is 3.96. The summed E-state index contributed by atoms with van der Waals surface area (Å²) >= 11 is 1.44. The minimum Gasteiger partial charge on any atom is -0.193 e. The Labute approximate surface area is 66.6 Å². The first-order valence-corrected chi connectivity index (χ1v) is 4.21. The Balaban J connectivity index is 0.000000236. The zero-order chi connectivity index (χ0) is 7.82. The van der Waals surface area contributed by atoms with Gasteiger partial charge in [-0.15, -0.1) is 0 Å². The van der Waals surface area contributed by atoms with Gasteiger partial charge in [0.1, 0.15) is 0 Å². The Kier molecular flexibility index (Phi) is 6.08. The van der Waals surface area contributed by atoms with Crippen molar-refractivity contribution in [3.63, 3.8) is 0 Å². The summed E-state index contributed by atoms with van der Waals surface area (Å²) in [7, 11) is 0. The van der Waals surface area contributed by atoms with E-state index < -0.39 is 0 Å². The highest BCUT2D eigenvalue weighted by Crippen LogP contribution is 1.98. The third-order valence-corrected chi connectivity index (χ3v) is 1.24. The topological polar surface area (TPSA) is 12.9 Å². The lowest BCUT2D eigenvalue weighted by Gasteiger charge is -1.69. The first-order chi connectivity index (χ1) is 4.85. The molecule has 1 aromatic rings. The van der Waals surface area contributed by atoms with E-state index in [-0.39, 0.29) is 0 Å². The number of hydrogen-bond donors (Lipinski definition) is 0. The second-order valence-corrected chi connectivity index (χ2v) is 2.50. The third kappa shape index (κ3) is 4.27. The van der Waals surface area contributed by atoms with Gasteiger partial charge in [-0.1, -0.05) is 26.8 Å². The Bertz CT molecular complexity index is 156. The molecule has 2 heteroatoms. The molecule has 0 bridgehead atoms. The average molecular weight is 155 g/mol. The van der Waals surface area contributed by atoms with Crippen LogP contribution in [0.2, 0.25) is 0 Å². The third-order valence-electron chi connectivity index (χ3n) is 0.667. The summed E-state index contributed by atoms with van der Waals surface area (Å²) in [6.07, 6.45) is 2.98. The van der Waals surface area contributed by atoms with E-state index in [1.807, 2.05) is 11.4 Å². The molecule has 1 heterocycles. The first-order valence-electron chi connectivity index (χ1n) is 3.38. The number of rotatable bonds is 1. The fourth-order valence-corrected chi connectivity index (χ4v) is 0.845. The fourth-order valence-electron chi connectivity index (χ4n) is 0.327.